The summed E-state index contributed by atoms with van der Waals surface area (Å²) in [6, 6.07) is 3.29. The van der Waals surface area contributed by atoms with Crippen LogP contribution in [-0.2, 0) is 12.4 Å². The molecule has 0 aliphatic rings. The summed E-state index contributed by atoms with van der Waals surface area (Å²) >= 11 is 0. The van der Waals surface area contributed by atoms with Gasteiger partial charge in [0.2, 0.25) is 0 Å². The molecular formula is C11H5F6N2O. The summed E-state index contributed by atoms with van der Waals surface area (Å²) in [4.78, 5) is 5.24. The number of benzene rings is 1. The molecule has 0 unspecified atom stereocenters. The van der Waals surface area contributed by atoms with Gasteiger partial charge in [-0.15, -0.1) is 5.10 Å². The number of hydrogen-bond donors (Lipinski definition) is 0. The van der Waals surface area contributed by atoms with Crippen LogP contribution in [0.3, 0.4) is 0 Å². The van der Waals surface area contributed by atoms with Gasteiger partial charge in [-0.3, -0.25) is 0 Å². The quantitative estimate of drug-likeness (QED) is 0.792. The molecule has 1 radical (unpaired) electrons. The minimum absolute atomic E-state index is 0.268. The minimum Gasteiger partial charge on any atom is -0.357 e. The molecule has 0 spiro atoms. The van der Waals surface area contributed by atoms with E-state index in [1.54, 1.807) is 0 Å². The molecule has 20 heavy (non-hydrogen) atoms. The van der Waals surface area contributed by atoms with Gasteiger partial charge in [0.05, 0.1) is 18.0 Å². The number of halogens is 6. The number of alkyl halides is 6. The summed E-state index contributed by atoms with van der Waals surface area (Å²) in [7, 11) is 0. The van der Waals surface area contributed by atoms with Crippen LogP contribution in [0.1, 0.15) is 11.1 Å². The lowest BCUT2D eigenvalue weighted by molar-refractivity contribution is -0.143. The monoisotopic (exact) mass is 295 g/mol. The second-order valence-corrected chi connectivity index (χ2v) is 3.64. The Morgan fingerprint density at radius 1 is 1.05 bits per heavy atom. The van der Waals surface area contributed by atoms with Crippen molar-refractivity contribution >= 4 is 0 Å². The fraction of sp³-hybridized carbons (Fsp3) is 0.182. The molecule has 0 atom stereocenters. The predicted molar refractivity (Wildman–Crippen MR) is 53.5 cm³/mol. The summed E-state index contributed by atoms with van der Waals surface area (Å²) in [6.07, 6.45) is -7.52. The van der Waals surface area contributed by atoms with E-state index in [2.05, 4.69) is 16.0 Å². The maximum atomic E-state index is 12.7. The van der Waals surface area contributed by atoms with Crippen LogP contribution >= 0.6 is 0 Å². The van der Waals surface area contributed by atoms with Gasteiger partial charge in [0, 0.05) is 6.07 Å². The van der Waals surface area contributed by atoms with Crippen LogP contribution in [0.4, 0.5) is 26.3 Å². The molecule has 0 saturated carbocycles. The van der Waals surface area contributed by atoms with Crippen LogP contribution in [0.15, 0.2) is 30.6 Å². The second-order valence-electron chi connectivity index (χ2n) is 3.64. The van der Waals surface area contributed by atoms with Crippen molar-refractivity contribution in [1.82, 2.24) is 9.94 Å². The SMILES string of the molecule is FC(F)(F)c1ccc(C(F)(F)F)c(On2c[c]cn2)c1. The third-order valence-corrected chi connectivity index (χ3v) is 2.24. The Morgan fingerprint density at radius 2 is 1.75 bits per heavy atom. The van der Waals surface area contributed by atoms with Gasteiger partial charge in [0.25, 0.3) is 0 Å². The van der Waals surface area contributed by atoms with Gasteiger partial charge < -0.3 is 4.84 Å². The van der Waals surface area contributed by atoms with Gasteiger partial charge in [-0.1, -0.05) is 4.85 Å². The van der Waals surface area contributed by atoms with Crippen molar-refractivity contribution in [3.05, 3.63) is 47.8 Å². The van der Waals surface area contributed by atoms with Gasteiger partial charge in [-0.2, -0.15) is 26.3 Å². The van der Waals surface area contributed by atoms with E-state index in [4.69, 9.17) is 0 Å². The van der Waals surface area contributed by atoms with Crippen LogP contribution < -0.4 is 4.84 Å². The highest BCUT2D eigenvalue weighted by atomic mass is 19.4. The highest BCUT2D eigenvalue weighted by Gasteiger charge is 2.38. The topological polar surface area (TPSA) is 27.1 Å². The van der Waals surface area contributed by atoms with Gasteiger partial charge in [-0.25, -0.2) is 0 Å². The Hall–Kier alpha value is -2.19. The molecule has 107 valence electrons. The van der Waals surface area contributed by atoms with Crippen molar-refractivity contribution in [3.63, 3.8) is 0 Å². The van der Waals surface area contributed by atoms with E-state index in [1.807, 2.05) is 0 Å². The molecule has 0 bridgehead atoms. The lowest BCUT2D eigenvalue weighted by Crippen LogP contribution is -2.14. The van der Waals surface area contributed by atoms with Gasteiger partial charge in [0.15, 0.2) is 5.75 Å². The zero-order valence-electron chi connectivity index (χ0n) is 9.46. The lowest BCUT2D eigenvalue weighted by Gasteiger charge is -2.15. The summed E-state index contributed by atoms with van der Waals surface area (Å²) in [6.45, 7) is 0. The van der Waals surface area contributed by atoms with E-state index in [-0.39, 0.29) is 6.07 Å². The van der Waals surface area contributed by atoms with Gasteiger partial charge in [0.1, 0.15) is 5.56 Å². The zero-order chi connectivity index (χ0) is 15.0. The van der Waals surface area contributed by atoms with Gasteiger partial charge in [-0.05, 0) is 18.2 Å². The molecule has 0 aliphatic carbocycles. The Bertz CT molecular complexity index is 588. The fourth-order valence-corrected chi connectivity index (χ4v) is 1.38. The molecule has 9 heteroatoms. The number of hydrogen-bond acceptors (Lipinski definition) is 2. The standard InChI is InChI=1S/C11H5F6N2O/c12-10(13,14)7-2-3-8(11(15,16)17)9(6-7)20-19-5-1-4-18-19/h2-6H. The normalized spacial score (nSPS) is 12.5. The van der Waals surface area contributed by atoms with Crippen molar-refractivity contribution in [2.24, 2.45) is 0 Å². The molecule has 0 aliphatic heterocycles. The number of rotatable bonds is 2. The first-order valence-corrected chi connectivity index (χ1v) is 5.05. The van der Waals surface area contributed by atoms with Crippen LogP contribution in [0.25, 0.3) is 0 Å². The molecule has 1 aromatic carbocycles. The van der Waals surface area contributed by atoms with Crippen molar-refractivity contribution in [1.29, 1.82) is 0 Å². The van der Waals surface area contributed by atoms with E-state index >= 15 is 0 Å². The van der Waals surface area contributed by atoms with E-state index < -0.39 is 29.2 Å². The van der Waals surface area contributed by atoms with E-state index in [1.165, 1.54) is 0 Å². The molecule has 0 N–H and O–H groups in total. The summed E-state index contributed by atoms with van der Waals surface area (Å²) in [5.41, 5.74) is -2.59. The van der Waals surface area contributed by atoms with E-state index in [0.29, 0.717) is 17.0 Å². The third-order valence-electron chi connectivity index (χ3n) is 2.24. The fourth-order valence-electron chi connectivity index (χ4n) is 1.38. The summed E-state index contributed by atoms with van der Waals surface area (Å²) in [5, 5.41) is 3.42. The average molecular weight is 295 g/mol. The highest BCUT2D eigenvalue weighted by Crippen LogP contribution is 2.40. The molecule has 1 aromatic heterocycles. The number of nitrogens with zero attached hydrogens (tertiary/aromatic N) is 2. The Balaban J connectivity index is 2.48. The molecule has 3 nitrogen and oxygen atoms in total. The molecule has 2 aromatic rings. The Morgan fingerprint density at radius 3 is 2.25 bits per heavy atom. The first-order chi connectivity index (χ1) is 9.18. The van der Waals surface area contributed by atoms with Crippen LogP contribution in [0.2, 0.25) is 0 Å². The maximum absolute atomic E-state index is 12.7. The minimum atomic E-state index is -4.85. The molecule has 0 fully saturated rings. The van der Waals surface area contributed by atoms with Gasteiger partial charge >= 0.3 is 12.4 Å². The van der Waals surface area contributed by atoms with Crippen molar-refractivity contribution < 1.29 is 31.2 Å². The van der Waals surface area contributed by atoms with E-state index in [0.717, 1.165) is 12.4 Å². The largest absolute Gasteiger partial charge is 0.420 e. The highest BCUT2D eigenvalue weighted by molar-refractivity contribution is 5.40. The second kappa shape index (κ2) is 4.73. The summed E-state index contributed by atoms with van der Waals surface area (Å²) < 4.78 is 75.6. The van der Waals surface area contributed by atoms with Crippen molar-refractivity contribution in [2.75, 3.05) is 0 Å². The molecular weight excluding hydrogens is 290 g/mol. The van der Waals surface area contributed by atoms with Crippen molar-refractivity contribution in [3.8, 4) is 5.75 Å². The first-order valence-electron chi connectivity index (χ1n) is 5.05. The Labute approximate surface area is 108 Å². The first kappa shape index (κ1) is 14.2. The average Bonchev–Trinajstić information content (AvgIpc) is 2.79. The Kier molecular flexibility index (Phi) is 3.36. The number of aromatic nitrogens is 2. The summed E-state index contributed by atoms with van der Waals surface area (Å²) in [5.74, 6) is -0.996. The molecule has 0 amide bonds. The van der Waals surface area contributed by atoms with Crippen LogP contribution in [-0.4, -0.2) is 9.94 Å². The van der Waals surface area contributed by atoms with Crippen LogP contribution in [0, 0.1) is 6.07 Å². The molecule has 2 rings (SSSR count). The molecule has 1 heterocycles. The zero-order valence-corrected chi connectivity index (χ0v) is 9.46. The molecule has 0 saturated heterocycles. The van der Waals surface area contributed by atoms with Crippen LogP contribution in [0.5, 0.6) is 5.75 Å². The maximum Gasteiger partial charge on any atom is 0.420 e. The smallest absolute Gasteiger partial charge is 0.357 e. The van der Waals surface area contributed by atoms with E-state index in [9.17, 15) is 26.3 Å². The lowest BCUT2D eigenvalue weighted by atomic mass is 10.1. The third kappa shape index (κ3) is 3.03. The predicted octanol–water partition coefficient (Wildman–Crippen LogP) is 3.56. The van der Waals surface area contributed by atoms with Crippen molar-refractivity contribution in [2.45, 2.75) is 12.4 Å².